The van der Waals surface area contributed by atoms with E-state index in [0.29, 0.717) is 29.4 Å². The summed E-state index contributed by atoms with van der Waals surface area (Å²) >= 11 is 0. The molecule has 1 aliphatic heterocycles. The number of nitrogens with one attached hydrogen (secondary N) is 3. The predicted molar refractivity (Wildman–Crippen MR) is 171 cm³/mol. The average molecular weight is 612 g/mol. The van der Waals surface area contributed by atoms with Crippen LogP contribution in [-0.2, 0) is 16.1 Å². The van der Waals surface area contributed by atoms with Crippen LogP contribution in [-0.4, -0.2) is 54.4 Å². The molecule has 45 heavy (non-hydrogen) atoms. The highest BCUT2D eigenvalue weighted by Gasteiger charge is 2.32. The summed E-state index contributed by atoms with van der Waals surface area (Å²) in [6.45, 7) is 6.48. The van der Waals surface area contributed by atoms with Gasteiger partial charge in [-0.05, 0) is 50.1 Å². The summed E-state index contributed by atoms with van der Waals surface area (Å²) < 4.78 is 18.9. The van der Waals surface area contributed by atoms with Gasteiger partial charge in [0.25, 0.3) is 0 Å². The van der Waals surface area contributed by atoms with E-state index in [1.165, 1.54) is 12.7 Å². The Balaban J connectivity index is 1.28. The van der Waals surface area contributed by atoms with Crippen LogP contribution in [0.3, 0.4) is 0 Å². The number of hydrazone groups is 1. The molecular formula is C34H37N5O6. The molecule has 11 nitrogen and oxygen atoms in total. The van der Waals surface area contributed by atoms with Gasteiger partial charge < -0.3 is 34.5 Å². The summed E-state index contributed by atoms with van der Waals surface area (Å²) in [5.74, 6) is 0.210. The fraction of sp³-hybridized carbons (Fsp3) is 0.265. The number of allylic oxidation sites excluding steroid dienone is 1. The van der Waals surface area contributed by atoms with Gasteiger partial charge in [-0.2, -0.15) is 5.10 Å². The number of aliphatic hydroxyl groups excluding tert-OH is 1. The highest BCUT2D eigenvalue weighted by Crippen LogP contribution is 2.35. The van der Waals surface area contributed by atoms with Gasteiger partial charge in [0.2, 0.25) is 0 Å². The van der Waals surface area contributed by atoms with Crippen LogP contribution < -0.4 is 25.5 Å². The number of carbonyl (C=O) groups is 2. The number of methoxy groups -OCH3 is 1. The maximum Gasteiger partial charge on any atom is 0.337 e. The first-order valence-electron chi connectivity index (χ1n) is 14.6. The van der Waals surface area contributed by atoms with Crippen LogP contribution in [0.1, 0.15) is 42.3 Å². The number of rotatable bonds is 12. The van der Waals surface area contributed by atoms with E-state index in [2.05, 4.69) is 56.9 Å². The second kappa shape index (κ2) is 14.0. The van der Waals surface area contributed by atoms with E-state index >= 15 is 0 Å². The van der Waals surface area contributed by atoms with E-state index < -0.39 is 24.3 Å². The monoisotopic (exact) mass is 611 g/mol. The molecule has 234 valence electrons. The van der Waals surface area contributed by atoms with Gasteiger partial charge in [0.05, 0.1) is 31.5 Å². The Kier molecular flexibility index (Phi) is 9.69. The van der Waals surface area contributed by atoms with Crippen molar-refractivity contribution >= 4 is 29.1 Å². The van der Waals surface area contributed by atoms with Crippen molar-refractivity contribution < 1.29 is 28.9 Å². The zero-order chi connectivity index (χ0) is 31.9. The molecule has 0 fully saturated rings. The highest BCUT2D eigenvalue weighted by atomic mass is 16.5. The first-order chi connectivity index (χ1) is 21.8. The molecule has 1 aliphatic rings. The molecule has 0 unspecified atom stereocenters. The molecular weight excluding hydrogens is 574 g/mol. The van der Waals surface area contributed by atoms with Crippen molar-refractivity contribution in [1.29, 1.82) is 0 Å². The number of para-hydroxylation sites is 1. The molecule has 0 spiro atoms. The number of carbonyl (C=O) groups excluding carboxylic acids is 2. The van der Waals surface area contributed by atoms with Gasteiger partial charge in [-0.1, -0.05) is 54.6 Å². The minimum atomic E-state index is -1.12. The van der Waals surface area contributed by atoms with Crippen molar-refractivity contribution in [1.82, 2.24) is 20.6 Å². The van der Waals surface area contributed by atoms with Gasteiger partial charge in [-0.15, -0.1) is 0 Å². The Bertz CT molecular complexity index is 1750. The summed E-state index contributed by atoms with van der Waals surface area (Å²) in [6.07, 6.45) is 0.596. The molecule has 2 heterocycles. The molecule has 0 saturated heterocycles. The molecule has 2 atom stereocenters. The molecule has 4 N–H and O–H groups in total. The fourth-order valence-corrected chi connectivity index (χ4v) is 5.40. The molecule has 1 aromatic heterocycles. The van der Waals surface area contributed by atoms with E-state index in [4.69, 9.17) is 14.2 Å². The fourth-order valence-electron chi connectivity index (χ4n) is 5.40. The molecule has 3 aromatic carbocycles. The second-order valence-corrected chi connectivity index (χ2v) is 10.5. The summed E-state index contributed by atoms with van der Waals surface area (Å²) in [5, 5.41) is 21.4. The first-order valence-corrected chi connectivity index (χ1v) is 14.6. The average Bonchev–Trinajstić information content (AvgIpc) is 3.30. The van der Waals surface area contributed by atoms with E-state index in [9.17, 15) is 14.7 Å². The predicted octanol–water partition coefficient (Wildman–Crippen LogP) is 4.52. The van der Waals surface area contributed by atoms with Gasteiger partial charge in [-0.3, -0.25) is 5.43 Å². The number of urea groups is 1. The Labute approximate surface area is 261 Å². The topological polar surface area (TPSA) is 135 Å². The number of ether oxygens (including phenoxy) is 3. The first kappa shape index (κ1) is 31.1. The zero-order valence-corrected chi connectivity index (χ0v) is 25.7. The molecule has 0 bridgehead atoms. The Hall–Kier alpha value is -5.29. The van der Waals surface area contributed by atoms with E-state index in [1.807, 2.05) is 37.3 Å². The lowest BCUT2D eigenvalue weighted by atomic mass is 9.95. The number of hydrogen-bond acceptors (Lipinski definition) is 8. The van der Waals surface area contributed by atoms with Gasteiger partial charge in [0.1, 0.15) is 6.61 Å². The minimum Gasteiger partial charge on any atom is -0.490 e. The molecule has 4 aromatic rings. The van der Waals surface area contributed by atoms with Gasteiger partial charge >= 0.3 is 12.0 Å². The van der Waals surface area contributed by atoms with Crippen LogP contribution in [0.15, 0.2) is 89.2 Å². The van der Waals surface area contributed by atoms with Crippen molar-refractivity contribution in [3.63, 3.8) is 0 Å². The maximum atomic E-state index is 12.5. The van der Waals surface area contributed by atoms with Gasteiger partial charge in [0.15, 0.2) is 17.7 Å². The van der Waals surface area contributed by atoms with E-state index in [1.54, 1.807) is 31.3 Å². The number of amides is 2. The lowest BCUT2D eigenvalue weighted by molar-refractivity contribution is -0.136. The number of esters is 1. The SMILES string of the molecule is CCOc1cc([C@H]2NC(=O)NC(C)=C2C(=O)OC)ccc1OC[C@@H](O)N/N=C\c1c(C)n(Cc2ccccc2)c2ccccc12. The quantitative estimate of drug-likeness (QED) is 0.0801. The Morgan fingerprint density at radius 1 is 1.07 bits per heavy atom. The molecule has 0 saturated carbocycles. The van der Waals surface area contributed by atoms with Crippen LogP contribution in [0, 0.1) is 6.92 Å². The number of aromatic nitrogens is 1. The Morgan fingerprint density at radius 2 is 1.82 bits per heavy atom. The highest BCUT2D eigenvalue weighted by molar-refractivity contribution is 6.01. The minimum absolute atomic E-state index is 0.123. The van der Waals surface area contributed by atoms with Gasteiger partial charge in [0, 0.05) is 34.4 Å². The third-order valence-corrected chi connectivity index (χ3v) is 7.55. The van der Waals surface area contributed by atoms with Crippen molar-refractivity contribution in [2.45, 2.75) is 39.6 Å². The van der Waals surface area contributed by atoms with Crippen LogP contribution in [0.2, 0.25) is 0 Å². The van der Waals surface area contributed by atoms with Crippen molar-refractivity contribution in [2.75, 3.05) is 20.3 Å². The number of nitrogens with zero attached hydrogens (tertiary/aromatic N) is 2. The van der Waals surface area contributed by atoms with E-state index in [0.717, 1.165) is 28.7 Å². The normalized spacial score (nSPS) is 15.5. The number of benzene rings is 3. The smallest absolute Gasteiger partial charge is 0.337 e. The van der Waals surface area contributed by atoms with Crippen LogP contribution in [0.4, 0.5) is 4.79 Å². The van der Waals surface area contributed by atoms with Crippen LogP contribution in [0.25, 0.3) is 10.9 Å². The summed E-state index contributed by atoms with van der Waals surface area (Å²) in [7, 11) is 1.29. The molecule has 0 radical (unpaired) electrons. The number of hydrogen-bond donors (Lipinski definition) is 4. The Morgan fingerprint density at radius 3 is 2.58 bits per heavy atom. The molecule has 0 aliphatic carbocycles. The lowest BCUT2D eigenvalue weighted by Gasteiger charge is -2.28. The zero-order valence-electron chi connectivity index (χ0n) is 25.7. The van der Waals surface area contributed by atoms with Gasteiger partial charge in [-0.25, -0.2) is 9.59 Å². The van der Waals surface area contributed by atoms with Crippen LogP contribution >= 0.6 is 0 Å². The third-order valence-electron chi connectivity index (χ3n) is 7.55. The second-order valence-electron chi connectivity index (χ2n) is 10.5. The van der Waals surface area contributed by atoms with Crippen LogP contribution in [0.5, 0.6) is 11.5 Å². The standard InChI is InChI=1S/C34H37N5O6/c1-5-44-29-17-24(32-31(33(41)43-4)21(2)36-34(42)37-32)15-16-28(29)45-20-30(40)38-35-18-26-22(3)39(19-23-11-7-6-8-12-23)27-14-10-9-13-25(26)27/h6-18,30,32,38,40H,5,19-20H2,1-4H3,(H2,36,37,42)/b35-18-/t30-,32-/m1/s1. The number of fused-ring (bicyclic) bond motifs is 1. The lowest BCUT2D eigenvalue weighted by Crippen LogP contribution is -2.45. The van der Waals surface area contributed by atoms with Crippen molar-refractivity contribution in [3.8, 4) is 11.5 Å². The molecule has 5 rings (SSSR count). The largest absolute Gasteiger partial charge is 0.490 e. The molecule has 11 heteroatoms. The summed E-state index contributed by atoms with van der Waals surface area (Å²) in [4.78, 5) is 24.7. The third kappa shape index (κ3) is 6.94. The maximum absolute atomic E-state index is 12.5. The summed E-state index contributed by atoms with van der Waals surface area (Å²) in [6, 6.07) is 22.3. The molecule has 2 amide bonds. The van der Waals surface area contributed by atoms with Crippen molar-refractivity contribution in [3.05, 3.63) is 106 Å². The summed E-state index contributed by atoms with van der Waals surface area (Å²) in [5.41, 5.74) is 8.34. The number of aliphatic hydroxyl groups is 1. The van der Waals surface area contributed by atoms with Crippen molar-refractivity contribution in [2.24, 2.45) is 5.10 Å². The van der Waals surface area contributed by atoms with E-state index in [-0.39, 0.29) is 12.2 Å².